The van der Waals surface area contributed by atoms with Gasteiger partial charge in [-0.1, -0.05) is 18.2 Å². The van der Waals surface area contributed by atoms with Gasteiger partial charge in [-0.3, -0.25) is 4.79 Å². The summed E-state index contributed by atoms with van der Waals surface area (Å²) in [6.07, 6.45) is 2.00. The van der Waals surface area contributed by atoms with E-state index in [1.807, 2.05) is 0 Å². The third-order valence-electron chi connectivity index (χ3n) is 2.89. The average Bonchev–Trinajstić information content (AvgIpc) is 2.48. The molecule has 2 N–H and O–H groups in total. The summed E-state index contributed by atoms with van der Waals surface area (Å²) in [5.74, 6) is -1.25. The molecule has 2 rings (SSSR count). The summed E-state index contributed by atoms with van der Waals surface area (Å²) >= 11 is 3.25. The maximum Gasteiger partial charge on any atom is 0.335 e. The lowest BCUT2D eigenvalue weighted by Gasteiger charge is -2.07. The summed E-state index contributed by atoms with van der Waals surface area (Å²) in [4.78, 5) is 26.9. The third kappa shape index (κ3) is 4.13. The molecule has 1 aromatic heterocycles. The minimum Gasteiger partial charge on any atom is -0.478 e. The number of nitrogens with zero attached hydrogens (tertiary/aromatic N) is 1. The molecular formula is C15H13BrN2O3. The predicted octanol–water partition coefficient (Wildman–Crippen LogP) is 2.51. The highest BCUT2D eigenvalue weighted by molar-refractivity contribution is 9.10. The van der Waals surface area contributed by atoms with E-state index in [4.69, 9.17) is 5.11 Å². The minimum absolute atomic E-state index is 0.258. The molecule has 5 nitrogen and oxygen atoms in total. The number of aromatic carboxylic acids is 1. The SMILES string of the molecule is O=C(NCCc1ccccc1C(=O)O)c1ccc(Br)cn1. The summed E-state index contributed by atoms with van der Waals surface area (Å²) in [5.41, 5.74) is 1.27. The van der Waals surface area contributed by atoms with Crippen LogP contribution in [0.1, 0.15) is 26.4 Å². The van der Waals surface area contributed by atoms with Crippen LogP contribution in [-0.4, -0.2) is 28.5 Å². The van der Waals surface area contributed by atoms with E-state index in [1.54, 1.807) is 42.6 Å². The standard InChI is InChI=1S/C15H13BrN2O3/c16-11-5-6-13(18-9-11)14(19)17-8-7-10-3-1-2-4-12(10)15(20)21/h1-6,9H,7-8H2,(H,17,19)(H,20,21). The fourth-order valence-electron chi connectivity index (χ4n) is 1.86. The van der Waals surface area contributed by atoms with Crippen molar-refractivity contribution < 1.29 is 14.7 Å². The number of hydrogen-bond donors (Lipinski definition) is 2. The van der Waals surface area contributed by atoms with Crippen molar-refractivity contribution in [3.05, 3.63) is 63.9 Å². The number of benzene rings is 1. The lowest BCUT2D eigenvalue weighted by atomic mass is 10.0. The van der Waals surface area contributed by atoms with Gasteiger partial charge in [0.2, 0.25) is 0 Å². The molecule has 1 aromatic carbocycles. The van der Waals surface area contributed by atoms with Crippen molar-refractivity contribution in [2.45, 2.75) is 6.42 Å². The van der Waals surface area contributed by atoms with Crippen LogP contribution in [0.15, 0.2) is 47.1 Å². The number of nitrogens with one attached hydrogen (secondary N) is 1. The summed E-state index contributed by atoms with van der Waals surface area (Å²) in [7, 11) is 0. The van der Waals surface area contributed by atoms with Gasteiger partial charge < -0.3 is 10.4 Å². The number of carbonyl (C=O) groups is 2. The van der Waals surface area contributed by atoms with Gasteiger partial charge in [0.15, 0.2) is 0 Å². The predicted molar refractivity (Wildman–Crippen MR) is 81.4 cm³/mol. The first-order valence-corrected chi connectivity index (χ1v) is 7.08. The fraction of sp³-hybridized carbons (Fsp3) is 0.133. The van der Waals surface area contributed by atoms with Crippen molar-refractivity contribution in [2.75, 3.05) is 6.54 Å². The number of hydrogen-bond acceptors (Lipinski definition) is 3. The summed E-state index contributed by atoms with van der Waals surface area (Å²) < 4.78 is 0.800. The molecule has 0 fully saturated rings. The lowest BCUT2D eigenvalue weighted by Crippen LogP contribution is -2.26. The molecule has 0 atom stereocenters. The first-order valence-electron chi connectivity index (χ1n) is 6.29. The molecule has 0 aliphatic heterocycles. The van der Waals surface area contributed by atoms with Crippen molar-refractivity contribution in [1.82, 2.24) is 10.3 Å². The molecule has 0 bridgehead atoms. The highest BCUT2D eigenvalue weighted by atomic mass is 79.9. The van der Waals surface area contributed by atoms with Crippen molar-refractivity contribution in [2.24, 2.45) is 0 Å². The fourth-order valence-corrected chi connectivity index (χ4v) is 2.09. The van der Waals surface area contributed by atoms with Gasteiger partial charge in [-0.15, -0.1) is 0 Å². The molecule has 0 aliphatic rings. The minimum atomic E-state index is -0.966. The normalized spacial score (nSPS) is 10.1. The van der Waals surface area contributed by atoms with E-state index in [-0.39, 0.29) is 11.5 Å². The van der Waals surface area contributed by atoms with Gasteiger partial charge in [-0.05, 0) is 46.1 Å². The number of carboxylic acids is 1. The van der Waals surface area contributed by atoms with E-state index in [0.717, 1.165) is 4.47 Å². The second-order valence-electron chi connectivity index (χ2n) is 4.33. The Balaban J connectivity index is 1.94. The van der Waals surface area contributed by atoms with Crippen LogP contribution in [0.2, 0.25) is 0 Å². The molecule has 0 radical (unpaired) electrons. The Bertz CT molecular complexity index is 656. The Morgan fingerprint density at radius 1 is 1.19 bits per heavy atom. The molecule has 0 saturated heterocycles. The van der Waals surface area contributed by atoms with Crippen LogP contribution in [0, 0.1) is 0 Å². The second-order valence-corrected chi connectivity index (χ2v) is 5.25. The Hall–Kier alpha value is -2.21. The Morgan fingerprint density at radius 3 is 2.62 bits per heavy atom. The van der Waals surface area contributed by atoms with Gasteiger partial charge >= 0.3 is 5.97 Å². The number of pyridine rings is 1. The zero-order valence-electron chi connectivity index (χ0n) is 11.0. The first kappa shape index (κ1) is 15.2. The molecule has 1 amide bonds. The van der Waals surface area contributed by atoms with Gasteiger partial charge in [0.25, 0.3) is 5.91 Å². The number of carbonyl (C=O) groups excluding carboxylic acids is 1. The van der Waals surface area contributed by atoms with Gasteiger partial charge in [0.1, 0.15) is 5.69 Å². The second kappa shape index (κ2) is 6.99. The zero-order valence-corrected chi connectivity index (χ0v) is 12.6. The van der Waals surface area contributed by atoms with E-state index >= 15 is 0 Å². The summed E-state index contributed by atoms with van der Waals surface area (Å²) in [6.45, 7) is 0.348. The lowest BCUT2D eigenvalue weighted by molar-refractivity contribution is 0.0695. The van der Waals surface area contributed by atoms with E-state index in [9.17, 15) is 9.59 Å². The van der Waals surface area contributed by atoms with Crippen LogP contribution in [0.5, 0.6) is 0 Å². The van der Waals surface area contributed by atoms with Gasteiger partial charge in [0, 0.05) is 17.2 Å². The largest absolute Gasteiger partial charge is 0.478 e. The van der Waals surface area contributed by atoms with E-state index < -0.39 is 5.97 Å². The molecular weight excluding hydrogens is 336 g/mol. The Labute approximate surface area is 130 Å². The molecule has 108 valence electrons. The van der Waals surface area contributed by atoms with Crippen LogP contribution >= 0.6 is 15.9 Å². The molecule has 1 heterocycles. The van der Waals surface area contributed by atoms with Gasteiger partial charge in [-0.25, -0.2) is 9.78 Å². The number of halogens is 1. The van der Waals surface area contributed by atoms with Crippen molar-refractivity contribution in [1.29, 1.82) is 0 Å². The van der Waals surface area contributed by atoms with Crippen molar-refractivity contribution in [3.63, 3.8) is 0 Å². The van der Waals surface area contributed by atoms with Crippen LogP contribution in [0.3, 0.4) is 0 Å². The highest BCUT2D eigenvalue weighted by Gasteiger charge is 2.10. The topological polar surface area (TPSA) is 79.3 Å². The number of amides is 1. The van der Waals surface area contributed by atoms with E-state index in [1.165, 1.54) is 0 Å². The molecule has 21 heavy (non-hydrogen) atoms. The van der Waals surface area contributed by atoms with Crippen molar-refractivity contribution in [3.8, 4) is 0 Å². The van der Waals surface area contributed by atoms with Gasteiger partial charge in [-0.2, -0.15) is 0 Å². The number of rotatable bonds is 5. The molecule has 0 saturated carbocycles. The third-order valence-corrected chi connectivity index (χ3v) is 3.36. The van der Waals surface area contributed by atoms with Crippen LogP contribution in [0.4, 0.5) is 0 Å². The zero-order chi connectivity index (χ0) is 15.2. The van der Waals surface area contributed by atoms with E-state index in [0.29, 0.717) is 24.2 Å². The van der Waals surface area contributed by atoms with Crippen LogP contribution in [0.25, 0.3) is 0 Å². The smallest absolute Gasteiger partial charge is 0.335 e. The number of aromatic nitrogens is 1. The summed E-state index contributed by atoms with van der Waals surface area (Å²) in [6, 6.07) is 10.1. The summed E-state index contributed by atoms with van der Waals surface area (Å²) in [5, 5.41) is 11.8. The molecule has 0 spiro atoms. The molecule has 6 heteroatoms. The maximum atomic E-state index is 11.9. The average molecular weight is 349 g/mol. The molecule has 0 aliphatic carbocycles. The molecule has 2 aromatic rings. The van der Waals surface area contributed by atoms with Crippen LogP contribution in [-0.2, 0) is 6.42 Å². The molecule has 0 unspecified atom stereocenters. The van der Waals surface area contributed by atoms with Crippen LogP contribution < -0.4 is 5.32 Å². The monoisotopic (exact) mass is 348 g/mol. The maximum absolute atomic E-state index is 11.9. The van der Waals surface area contributed by atoms with Gasteiger partial charge in [0.05, 0.1) is 5.56 Å². The Kier molecular flexibility index (Phi) is 5.05. The Morgan fingerprint density at radius 2 is 1.95 bits per heavy atom. The van der Waals surface area contributed by atoms with E-state index in [2.05, 4.69) is 26.2 Å². The number of carboxylic acid groups (broad SMARTS) is 1. The van der Waals surface area contributed by atoms with Crippen molar-refractivity contribution >= 4 is 27.8 Å². The first-order chi connectivity index (χ1) is 10.1. The quantitative estimate of drug-likeness (QED) is 0.869. The highest BCUT2D eigenvalue weighted by Crippen LogP contribution is 2.10.